The minimum atomic E-state index is -0.177. The molecule has 0 aliphatic rings. The molecule has 25 heavy (non-hydrogen) atoms. The van der Waals surface area contributed by atoms with Gasteiger partial charge in [-0.05, 0) is 55.8 Å². The van der Waals surface area contributed by atoms with E-state index in [2.05, 4.69) is 12.2 Å². The number of carbonyl (C=O) groups excluding carboxylic acids is 1. The molecule has 0 bridgehead atoms. The molecule has 2 aromatic carbocycles. The van der Waals surface area contributed by atoms with Crippen LogP contribution in [0.5, 0.6) is 11.5 Å². The average molecular weight is 343 g/mol. The molecule has 1 amide bonds. The van der Waals surface area contributed by atoms with E-state index in [-0.39, 0.29) is 5.91 Å². The zero-order chi connectivity index (χ0) is 18.1. The number of rotatable bonds is 9. The summed E-state index contributed by atoms with van der Waals surface area (Å²) in [6.45, 7) is 5.69. The molecule has 0 spiro atoms. The van der Waals surface area contributed by atoms with Crippen molar-refractivity contribution < 1.29 is 19.0 Å². The third-order valence-electron chi connectivity index (χ3n) is 3.57. The first-order valence-corrected chi connectivity index (χ1v) is 8.46. The molecule has 0 aliphatic heterocycles. The number of ether oxygens (including phenoxy) is 3. The number of nitrogens with one attached hydrogen (secondary N) is 1. The van der Waals surface area contributed by atoms with Gasteiger partial charge in [-0.15, -0.1) is 0 Å². The highest BCUT2D eigenvalue weighted by Gasteiger charge is 2.11. The van der Waals surface area contributed by atoms with E-state index in [1.807, 2.05) is 31.2 Å². The summed E-state index contributed by atoms with van der Waals surface area (Å²) in [5.74, 6) is 1.32. The molecule has 0 saturated heterocycles. The summed E-state index contributed by atoms with van der Waals surface area (Å²) in [6.07, 6.45) is 0.945. The quantitative estimate of drug-likeness (QED) is 0.691. The fourth-order valence-corrected chi connectivity index (χ4v) is 2.36. The van der Waals surface area contributed by atoms with E-state index in [1.54, 1.807) is 25.3 Å². The molecule has 0 heterocycles. The second kappa shape index (κ2) is 9.69. The molecule has 0 saturated carbocycles. The van der Waals surface area contributed by atoms with Crippen LogP contribution in [0.1, 0.15) is 36.2 Å². The molecule has 0 unspecified atom stereocenters. The number of benzene rings is 2. The Balaban J connectivity index is 2.08. The molecule has 0 radical (unpaired) electrons. The van der Waals surface area contributed by atoms with Gasteiger partial charge in [0.1, 0.15) is 11.5 Å². The molecule has 0 fully saturated rings. The first kappa shape index (κ1) is 18.8. The normalized spacial score (nSPS) is 10.4. The largest absolute Gasteiger partial charge is 0.496 e. The van der Waals surface area contributed by atoms with Crippen LogP contribution in [0.3, 0.4) is 0 Å². The number of hydrogen-bond acceptors (Lipinski definition) is 4. The molecule has 2 rings (SSSR count). The molecule has 2 aromatic rings. The molecular formula is C20H25NO4. The Labute approximate surface area is 148 Å². The Morgan fingerprint density at radius 2 is 1.84 bits per heavy atom. The lowest BCUT2D eigenvalue weighted by atomic mass is 10.1. The molecular weight excluding hydrogens is 318 g/mol. The minimum Gasteiger partial charge on any atom is -0.496 e. The van der Waals surface area contributed by atoms with Gasteiger partial charge in [-0.3, -0.25) is 4.79 Å². The van der Waals surface area contributed by atoms with Crippen LogP contribution < -0.4 is 14.8 Å². The second-order valence-corrected chi connectivity index (χ2v) is 5.49. The zero-order valence-electron chi connectivity index (χ0n) is 15.0. The van der Waals surface area contributed by atoms with Gasteiger partial charge < -0.3 is 19.5 Å². The Hall–Kier alpha value is -2.53. The van der Waals surface area contributed by atoms with Crippen molar-refractivity contribution >= 4 is 11.6 Å². The van der Waals surface area contributed by atoms with E-state index in [9.17, 15) is 4.79 Å². The highest BCUT2D eigenvalue weighted by atomic mass is 16.5. The highest BCUT2D eigenvalue weighted by molar-refractivity contribution is 6.04. The lowest BCUT2D eigenvalue weighted by Crippen LogP contribution is -2.12. The molecule has 5 nitrogen and oxygen atoms in total. The molecule has 134 valence electrons. The number of amides is 1. The van der Waals surface area contributed by atoms with Crippen LogP contribution in [0, 0.1) is 0 Å². The van der Waals surface area contributed by atoms with Crippen LogP contribution in [0.15, 0.2) is 42.5 Å². The van der Waals surface area contributed by atoms with Gasteiger partial charge in [0.25, 0.3) is 5.91 Å². The van der Waals surface area contributed by atoms with Crippen LogP contribution in [-0.4, -0.2) is 26.2 Å². The van der Waals surface area contributed by atoms with Crippen molar-refractivity contribution in [3.8, 4) is 11.5 Å². The van der Waals surface area contributed by atoms with Crippen LogP contribution in [-0.2, 0) is 11.3 Å². The van der Waals surface area contributed by atoms with Crippen molar-refractivity contribution in [2.45, 2.75) is 26.9 Å². The summed E-state index contributed by atoms with van der Waals surface area (Å²) in [6, 6.07) is 12.6. The molecule has 5 heteroatoms. The van der Waals surface area contributed by atoms with Gasteiger partial charge in [-0.1, -0.05) is 6.92 Å². The average Bonchev–Trinajstić information content (AvgIpc) is 2.63. The van der Waals surface area contributed by atoms with Crippen LogP contribution in [0.25, 0.3) is 0 Å². The van der Waals surface area contributed by atoms with E-state index in [0.717, 1.165) is 17.7 Å². The van der Waals surface area contributed by atoms with E-state index in [0.29, 0.717) is 36.8 Å². The second-order valence-electron chi connectivity index (χ2n) is 5.49. The number of methoxy groups -OCH3 is 1. The maximum atomic E-state index is 12.5. The Morgan fingerprint density at radius 1 is 1.08 bits per heavy atom. The van der Waals surface area contributed by atoms with Crippen LogP contribution in [0.2, 0.25) is 0 Å². The highest BCUT2D eigenvalue weighted by Crippen LogP contribution is 2.22. The van der Waals surface area contributed by atoms with Gasteiger partial charge in [0.05, 0.1) is 20.3 Å². The van der Waals surface area contributed by atoms with Gasteiger partial charge in [0, 0.05) is 23.4 Å². The summed E-state index contributed by atoms with van der Waals surface area (Å²) < 4.78 is 16.3. The topological polar surface area (TPSA) is 56.8 Å². The SMILES string of the molecule is CCCOCc1cc(C(=O)Nc2ccc(OCC)cc2)ccc1OC. The monoisotopic (exact) mass is 343 g/mol. The smallest absolute Gasteiger partial charge is 0.255 e. The predicted octanol–water partition coefficient (Wildman–Crippen LogP) is 4.27. The van der Waals surface area contributed by atoms with Gasteiger partial charge in [0.2, 0.25) is 0 Å². The maximum absolute atomic E-state index is 12.5. The van der Waals surface area contributed by atoms with E-state index >= 15 is 0 Å². The third-order valence-corrected chi connectivity index (χ3v) is 3.57. The fraction of sp³-hybridized carbons (Fsp3) is 0.350. The van der Waals surface area contributed by atoms with E-state index in [4.69, 9.17) is 14.2 Å². The van der Waals surface area contributed by atoms with Crippen molar-refractivity contribution in [2.75, 3.05) is 25.6 Å². The van der Waals surface area contributed by atoms with Gasteiger partial charge in [-0.2, -0.15) is 0 Å². The molecule has 0 aromatic heterocycles. The molecule has 0 atom stereocenters. The molecule has 0 aliphatic carbocycles. The predicted molar refractivity (Wildman–Crippen MR) is 98.5 cm³/mol. The van der Waals surface area contributed by atoms with Crippen molar-refractivity contribution in [1.29, 1.82) is 0 Å². The van der Waals surface area contributed by atoms with E-state index in [1.165, 1.54) is 0 Å². The standard InChI is InChI=1S/C20H25NO4/c1-4-12-24-14-16-13-15(6-11-19(16)23-3)20(22)21-17-7-9-18(10-8-17)25-5-2/h6-11,13H,4-5,12,14H2,1-3H3,(H,21,22). The van der Waals surface area contributed by atoms with Crippen molar-refractivity contribution in [3.63, 3.8) is 0 Å². The summed E-state index contributed by atoms with van der Waals surface area (Å²) in [5, 5.41) is 2.88. The number of carbonyl (C=O) groups is 1. The van der Waals surface area contributed by atoms with Crippen molar-refractivity contribution in [3.05, 3.63) is 53.6 Å². The Kier molecular flexibility index (Phi) is 7.29. The lowest BCUT2D eigenvalue weighted by Gasteiger charge is -2.12. The summed E-state index contributed by atoms with van der Waals surface area (Å²) in [7, 11) is 1.61. The Bertz CT molecular complexity index is 683. The van der Waals surface area contributed by atoms with Gasteiger partial charge >= 0.3 is 0 Å². The summed E-state index contributed by atoms with van der Waals surface area (Å²) >= 11 is 0. The van der Waals surface area contributed by atoms with Crippen molar-refractivity contribution in [2.24, 2.45) is 0 Å². The maximum Gasteiger partial charge on any atom is 0.255 e. The Morgan fingerprint density at radius 3 is 2.48 bits per heavy atom. The molecule has 1 N–H and O–H groups in total. The van der Waals surface area contributed by atoms with Crippen LogP contribution >= 0.6 is 0 Å². The lowest BCUT2D eigenvalue weighted by molar-refractivity contribution is 0.102. The van der Waals surface area contributed by atoms with Gasteiger partial charge in [0.15, 0.2) is 0 Å². The summed E-state index contributed by atoms with van der Waals surface area (Å²) in [4.78, 5) is 12.5. The van der Waals surface area contributed by atoms with Gasteiger partial charge in [-0.25, -0.2) is 0 Å². The first-order chi connectivity index (χ1) is 12.2. The summed E-state index contributed by atoms with van der Waals surface area (Å²) in [5.41, 5.74) is 2.13. The minimum absolute atomic E-state index is 0.177. The number of anilines is 1. The third kappa shape index (κ3) is 5.50. The van der Waals surface area contributed by atoms with Crippen molar-refractivity contribution in [1.82, 2.24) is 0 Å². The van der Waals surface area contributed by atoms with Crippen LogP contribution in [0.4, 0.5) is 5.69 Å². The zero-order valence-corrected chi connectivity index (χ0v) is 15.0. The first-order valence-electron chi connectivity index (χ1n) is 8.46. The number of hydrogen-bond donors (Lipinski definition) is 1. The van der Waals surface area contributed by atoms with E-state index < -0.39 is 0 Å². The fourth-order valence-electron chi connectivity index (χ4n) is 2.36.